The molecule has 2 heterocycles. The second kappa shape index (κ2) is 8.62. The number of pyridine rings is 1. The van der Waals surface area contributed by atoms with Crippen LogP contribution in [0.4, 0.5) is 0 Å². The standard InChI is InChI=1S/C20H25N3O2/c1-15(23-20(24)17-7-5-10-21-13-17)16-6-4-9-19(12-16)25-14-18-8-2-3-11-22-18/h2-4,6,8-9,11-12,15,17,21H,5,7,10,13-14H2,1H3,(H,23,24). The fraction of sp³-hybridized carbons (Fsp3) is 0.400. The van der Waals surface area contributed by atoms with Gasteiger partial charge in [-0.25, -0.2) is 0 Å². The number of ether oxygens (including phenoxy) is 1. The molecule has 5 nitrogen and oxygen atoms in total. The van der Waals surface area contributed by atoms with E-state index in [2.05, 4.69) is 15.6 Å². The van der Waals surface area contributed by atoms with Gasteiger partial charge in [-0.1, -0.05) is 18.2 Å². The van der Waals surface area contributed by atoms with E-state index < -0.39 is 0 Å². The Labute approximate surface area is 148 Å². The van der Waals surface area contributed by atoms with Gasteiger partial charge in [0.05, 0.1) is 17.7 Å². The van der Waals surface area contributed by atoms with Crippen LogP contribution in [0.15, 0.2) is 48.7 Å². The van der Waals surface area contributed by atoms with Crippen molar-refractivity contribution in [2.24, 2.45) is 5.92 Å². The van der Waals surface area contributed by atoms with E-state index in [4.69, 9.17) is 4.74 Å². The lowest BCUT2D eigenvalue weighted by atomic mass is 9.98. The van der Waals surface area contributed by atoms with Gasteiger partial charge in [0, 0.05) is 12.7 Å². The topological polar surface area (TPSA) is 63.2 Å². The highest BCUT2D eigenvalue weighted by atomic mass is 16.5. The summed E-state index contributed by atoms with van der Waals surface area (Å²) in [6, 6.07) is 13.6. The molecule has 0 aliphatic carbocycles. The lowest BCUT2D eigenvalue weighted by molar-refractivity contribution is -0.126. The average molecular weight is 339 g/mol. The number of aromatic nitrogens is 1. The molecule has 1 saturated heterocycles. The average Bonchev–Trinajstić information content (AvgIpc) is 2.68. The van der Waals surface area contributed by atoms with Crippen molar-refractivity contribution >= 4 is 5.91 Å². The summed E-state index contributed by atoms with van der Waals surface area (Å²) in [4.78, 5) is 16.6. The minimum atomic E-state index is -0.0483. The molecule has 0 bridgehead atoms. The first-order valence-corrected chi connectivity index (χ1v) is 8.86. The van der Waals surface area contributed by atoms with Gasteiger partial charge in [-0.2, -0.15) is 0 Å². The molecule has 1 amide bonds. The first-order chi connectivity index (χ1) is 12.2. The van der Waals surface area contributed by atoms with Crippen LogP contribution >= 0.6 is 0 Å². The summed E-state index contributed by atoms with van der Waals surface area (Å²) in [6.45, 7) is 4.21. The van der Waals surface area contributed by atoms with Crippen LogP contribution in [-0.2, 0) is 11.4 Å². The second-order valence-corrected chi connectivity index (χ2v) is 6.46. The Hall–Kier alpha value is -2.40. The van der Waals surface area contributed by atoms with E-state index in [1.165, 1.54) is 0 Å². The number of carbonyl (C=O) groups is 1. The number of rotatable bonds is 6. The second-order valence-electron chi connectivity index (χ2n) is 6.46. The third-order valence-electron chi connectivity index (χ3n) is 4.50. The number of piperidine rings is 1. The van der Waals surface area contributed by atoms with Crippen LogP contribution in [0.25, 0.3) is 0 Å². The smallest absolute Gasteiger partial charge is 0.224 e. The fourth-order valence-electron chi connectivity index (χ4n) is 3.00. The first-order valence-electron chi connectivity index (χ1n) is 8.86. The van der Waals surface area contributed by atoms with Crippen LogP contribution in [0.2, 0.25) is 0 Å². The summed E-state index contributed by atoms with van der Waals surface area (Å²) in [6.07, 6.45) is 3.77. The molecule has 0 spiro atoms. The molecule has 5 heteroatoms. The zero-order valence-corrected chi connectivity index (χ0v) is 14.6. The summed E-state index contributed by atoms with van der Waals surface area (Å²) in [5.74, 6) is 0.975. The van der Waals surface area contributed by atoms with Crippen LogP contribution in [0.1, 0.15) is 37.1 Å². The van der Waals surface area contributed by atoms with Gasteiger partial charge in [-0.15, -0.1) is 0 Å². The van der Waals surface area contributed by atoms with E-state index in [0.717, 1.165) is 42.9 Å². The molecule has 2 aromatic rings. The summed E-state index contributed by atoms with van der Waals surface area (Å²) >= 11 is 0. The Bertz CT molecular complexity index is 684. The van der Waals surface area contributed by atoms with Crippen molar-refractivity contribution < 1.29 is 9.53 Å². The molecular weight excluding hydrogens is 314 g/mol. The molecule has 1 aliphatic rings. The molecule has 132 valence electrons. The quantitative estimate of drug-likeness (QED) is 0.849. The molecule has 2 N–H and O–H groups in total. The van der Waals surface area contributed by atoms with Gasteiger partial charge in [0.25, 0.3) is 0 Å². The number of hydrogen-bond donors (Lipinski definition) is 2. The fourth-order valence-corrected chi connectivity index (χ4v) is 3.00. The van der Waals surface area contributed by atoms with Crippen LogP contribution in [0.5, 0.6) is 5.75 Å². The monoisotopic (exact) mass is 339 g/mol. The zero-order chi connectivity index (χ0) is 17.5. The molecule has 1 aliphatic heterocycles. The van der Waals surface area contributed by atoms with E-state index >= 15 is 0 Å². The van der Waals surface area contributed by atoms with Crippen LogP contribution in [0, 0.1) is 5.92 Å². The summed E-state index contributed by atoms with van der Waals surface area (Å²) in [5.41, 5.74) is 1.93. The SMILES string of the molecule is CC(NC(=O)C1CCCNC1)c1cccc(OCc2ccccn2)c1. The zero-order valence-electron chi connectivity index (χ0n) is 14.6. The van der Waals surface area contributed by atoms with Crippen LogP contribution in [0.3, 0.4) is 0 Å². The van der Waals surface area contributed by atoms with Gasteiger partial charge in [0.1, 0.15) is 12.4 Å². The number of carbonyl (C=O) groups excluding carboxylic acids is 1. The molecule has 25 heavy (non-hydrogen) atoms. The molecule has 1 fully saturated rings. The summed E-state index contributed by atoms with van der Waals surface area (Å²) < 4.78 is 5.82. The van der Waals surface area contributed by atoms with E-state index in [-0.39, 0.29) is 17.9 Å². The van der Waals surface area contributed by atoms with E-state index in [0.29, 0.717) is 6.61 Å². The lowest BCUT2D eigenvalue weighted by Gasteiger charge is -2.24. The van der Waals surface area contributed by atoms with Crippen LogP contribution < -0.4 is 15.4 Å². The third kappa shape index (κ3) is 5.03. The summed E-state index contributed by atoms with van der Waals surface area (Å²) in [7, 11) is 0. The van der Waals surface area contributed by atoms with E-state index in [1.54, 1.807) is 6.20 Å². The van der Waals surface area contributed by atoms with E-state index in [1.807, 2.05) is 49.4 Å². The number of nitrogens with zero attached hydrogens (tertiary/aromatic N) is 1. The normalized spacial score (nSPS) is 18.4. The first kappa shape index (κ1) is 17.4. The Morgan fingerprint density at radius 3 is 3.04 bits per heavy atom. The van der Waals surface area contributed by atoms with Crippen molar-refractivity contribution in [3.8, 4) is 5.75 Å². The van der Waals surface area contributed by atoms with Gasteiger partial charge in [-0.05, 0) is 56.1 Å². The molecule has 1 aromatic carbocycles. The highest BCUT2D eigenvalue weighted by Crippen LogP contribution is 2.21. The molecule has 3 rings (SSSR count). The Kier molecular flexibility index (Phi) is 6.01. The van der Waals surface area contributed by atoms with Crippen molar-refractivity contribution in [1.82, 2.24) is 15.6 Å². The van der Waals surface area contributed by atoms with Crippen molar-refractivity contribution in [3.63, 3.8) is 0 Å². The maximum absolute atomic E-state index is 12.4. The number of hydrogen-bond acceptors (Lipinski definition) is 4. The Morgan fingerprint density at radius 2 is 2.28 bits per heavy atom. The molecule has 1 aromatic heterocycles. The molecule has 2 unspecified atom stereocenters. The van der Waals surface area contributed by atoms with Gasteiger partial charge in [-0.3, -0.25) is 9.78 Å². The van der Waals surface area contributed by atoms with Gasteiger partial charge < -0.3 is 15.4 Å². The molecular formula is C20H25N3O2. The Balaban J connectivity index is 1.57. The van der Waals surface area contributed by atoms with Crippen molar-refractivity contribution in [3.05, 3.63) is 59.9 Å². The highest BCUT2D eigenvalue weighted by molar-refractivity contribution is 5.79. The number of amides is 1. The van der Waals surface area contributed by atoms with Crippen molar-refractivity contribution in [2.75, 3.05) is 13.1 Å². The molecule has 0 radical (unpaired) electrons. The van der Waals surface area contributed by atoms with Crippen molar-refractivity contribution in [1.29, 1.82) is 0 Å². The molecule has 2 atom stereocenters. The van der Waals surface area contributed by atoms with Crippen molar-refractivity contribution in [2.45, 2.75) is 32.4 Å². The summed E-state index contributed by atoms with van der Waals surface area (Å²) in [5, 5.41) is 6.40. The number of benzene rings is 1. The highest BCUT2D eigenvalue weighted by Gasteiger charge is 2.22. The predicted octanol–water partition coefficient (Wildman–Crippen LogP) is 2.84. The van der Waals surface area contributed by atoms with E-state index in [9.17, 15) is 4.79 Å². The minimum Gasteiger partial charge on any atom is -0.487 e. The molecule has 0 saturated carbocycles. The number of nitrogens with one attached hydrogen (secondary N) is 2. The maximum Gasteiger partial charge on any atom is 0.224 e. The maximum atomic E-state index is 12.4. The lowest BCUT2D eigenvalue weighted by Crippen LogP contribution is -2.41. The van der Waals surface area contributed by atoms with Crippen LogP contribution in [-0.4, -0.2) is 24.0 Å². The predicted molar refractivity (Wildman–Crippen MR) is 97.2 cm³/mol. The van der Waals surface area contributed by atoms with Gasteiger partial charge in [0.15, 0.2) is 0 Å². The largest absolute Gasteiger partial charge is 0.487 e. The third-order valence-corrected chi connectivity index (χ3v) is 4.50. The minimum absolute atomic E-state index is 0.0483. The Morgan fingerprint density at radius 1 is 1.36 bits per heavy atom. The van der Waals surface area contributed by atoms with Gasteiger partial charge >= 0.3 is 0 Å². The van der Waals surface area contributed by atoms with Gasteiger partial charge in [0.2, 0.25) is 5.91 Å².